The fourth-order valence-corrected chi connectivity index (χ4v) is 4.82. The third-order valence-corrected chi connectivity index (χ3v) is 6.86. The van der Waals surface area contributed by atoms with E-state index >= 15 is 0 Å². The van der Waals surface area contributed by atoms with Crippen LogP contribution in [-0.2, 0) is 21.4 Å². The molecule has 0 radical (unpaired) electrons. The number of aryl methyl sites for hydroxylation is 1. The van der Waals surface area contributed by atoms with E-state index in [4.69, 9.17) is 16.3 Å². The van der Waals surface area contributed by atoms with Crippen molar-refractivity contribution in [1.82, 2.24) is 15.0 Å². The summed E-state index contributed by atoms with van der Waals surface area (Å²) in [5.74, 6) is -2.11. The van der Waals surface area contributed by atoms with E-state index in [0.717, 1.165) is 12.8 Å². The number of carboxylic acid groups (broad SMARTS) is 1. The maximum Gasteiger partial charge on any atom is 0.413 e. The number of anilines is 2. The first-order chi connectivity index (χ1) is 17.7. The van der Waals surface area contributed by atoms with E-state index in [1.54, 1.807) is 56.4 Å². The maximum absolute atomic E-state index is 12.8. The van der Waals surface area contributed by atoms with Crippen molar-refractivity contribution in [2.45, 2.75) is 38.7 Å². The van der Waals surface area contributed by atoms with E-state index in [1.807, 2.05) is 6.07 Å². The Morgan fingerprint density at radius 1 is 1.05 bits per heavy atom. The lowest BCUT2D eigenvalue weighted by molar-refractivity contribution is -0.147. The summed E-state index contributed by atoms with van der Waals surface area (Å²) < 4.78 is 6.91. The van der Waals surface area contributed by atoms with Crippen molar-refractivity contribution in [1.29, 1.82) is 0 Å². The van der Waals surface area contributed by atoms with E-state index in [2.05, 4.69) is 20.9 Å². The summed E-state index contributed by atoms with van der Waals surface area (Å²) in [6, 6.07) is 14.0. The highest BCUT2D eigenvalue weighted by Crippen LogP contribution is 2.32. The Balaban J connectivity index is 1.43. The molecule has 2 amide bonds. The molecular formula is C26H28ClN5O5. The summed E-state index contributed by atoms with van der Waals surface area (Å²) in [7, 11) is 1.64. The average molecular weight is 526 g/mol. The Morgan fingerprint density at radius 3 is 2.41 bits per heavy atom. The number of halogens is 1. The number of carbonyl (C=O) groups excluding carboxylic acids is 2. The molecule has 1 heterocycles. The van der Waals surface area contributed by atoms with Gasteiger partial charge in [0.2, 0.25) is 5.91 Å². The van der Waals surface area contributed by atoms with Crippen molar-refractivity contribution < 1.29 is 24.2 Å². The molecule has 3 atom stereocenters. The molecule has 0 aliphatic heterocycles. The Hall–Kier alpha value is -3.92. The zero-order chi connectivity index (χ0) is 26.5. The highest BCUT2D eigenvalue weighted by molar-refractivity contribution is 6.31. The topological polar surface area (TPSA) is 135 Å². The summed E-state index contributed by atoms with van der Waals surface area (Å²) in [6.45, 7) is 1.72. The van der Waals surface area contributed by atoms with E-state index in [9.17, 15) is 19.5 Å². The van der Waals surface area contributed by atoms with Crippen LogP contribution in [0.25, 0.3) is 11.3 Å². The van der Waals surface area contributed by atoms with Gasteiger partial charge in [0.15, 0.2) is 5.82 Å². The van der Waals surface area contributed by atoms with Gasteiger partial charge in [0.1, 0.15) is 11.8 Å². The van der Waals surface area contributed by atoms with Gasteiger partial charge in [-0.25, -0.2) is 9.48 Å². The van der Waals surface area contributed by atoms with Crippen LogP contribution < -0.4 is 10.6 Å². The fourth-order valence-electron chi connectivity index (χ4n) is 4.53. The molecule has 37 heavy (non-hydrogen) atoms. The molecule has 194 valence electrons. The van der Waals surface area contributed by atoms with Crippen molar-refractivity contribution >= 4 is 41.1 Å². The number of nitrogens with zero attached hydrogens (tertiary/aromatic N) is 3. The first-order valence-electron chi connectivity index (χ1n) is 12.0. The van der Waals surface area contributed by atoms with Gasteiger partial charge in [-0.1, -0.05) is 60.0 Å². The van der Waals surface area contributed by atoms with Gasteiger partial charge in [-0.3, -0.25) is 14.9 Å². The molecule has 1 aliphatic rings. The second-order valence-corrected chi connectivity index (χ2v) is 9.41. The SMILES string of the molecule is C[C@@H](OC(=O)Nc1c(-c2ccc(NC(=O)[C@H]3CCCC[C@@H]3C(=O)O)cc2)nnn1C)c1ccccc1Cl. The number of carboxylic acids is 1. The molecular weight excluding hydrogens is 498 g/mol. The number of benzene rings is 2. The van der Waals surface area contributed by atoms with Crippen LogP contribution in [0.15, 0.2) is 48.5 Å². The van der Waals surface area contributed by atoms with Crippen molar-refractivity contribution in [3.8, 4) is 11.3 Å². The molecule has 0 unspecified atom stereocenters. The molecule has 1 aromatic heterocycles. The van der Waals surface area contributed by atoms with E-state index < -0.39 is 30.0 Å². The number of hydrogen-bond acceptors (Lipinski definition) is 6. The third-order valence-electron chi connectivity index (χ3n) is 6.52. The number of ether oxygens (including phenoxy) is 1. The highest BCUT2D eigenvalue weighted by Gasteiger charge is 2.35. The van der Waals surface area contributed by atoms with Gasteiger partial charge in [-0.15, -0.1) is 5.10 Å². The largest absolute Gasteiger partial charge is 0.481 e. The summed E-state index contributed by atoms with van der Waals surface area (Å²) in [5.41, 5.74) is 2.29. The number of aliphatic carboxylic acids is 1. The number of hydrogen-bond donors (Lipinski definition) is 3. The second-order valence-electron chi connectivity index (χ2n) is 9.01. The van der Waals surface area contributed by atoms with Crippen LogP contribution in [0.1, 0.15) is 44.3 Å². The van der Waals surface area contributed by atoms with Crippen LogP contribution in [-0.4, -0.2) is 38.1 Å². The predicted molar refractivity (Wildman–Crippen MR) is 138 cm³/mol. The number of rotatable bonds is 7. The summed E-state index contributed by atoms with van der Waals surface area (Å²) in [5, 5.41) is 23.6. The van der Waals surface area contributed by atoms with Crippen LogP contribution in [0.3, 0.4) is 0 Å². The van der Waals surface area contributed by atoms with Gasteiger partial charge in [0.05, 0.1) is 11.8 Å². The molecule has 0 saturated heterocycles. The van der Waals surface area contributed by atoms with Crippen LogP contribution >= 0.6 is 11.6 Å². The minimum Gasteiger partial charge on any atom is -0.481 e. The van der Waals surface area contributed by atoms with Crippen molar-refractivity contribution in [3.63, 3.8) is 0 Å². The zero-order valence-corrected chi connectivity index (χ0v) is 21.2. The Bertz CT molecular complexity index is 1290. The monoisotopic (exact) mass is 525 g/mol. The minimum absolute atomic E-state index is 0.294. The number of carbonyl (C=O) groups is 3. The predicted octanol–water partition coefficient (Wildman–Crippen LogP) is 5.27. The second kappa shape index (κ2) is 11.4. The first kappa shape index (κ1) is 26.2. The van der Waals surface area contributed by atoms with Gasteiger partial charge < -0.3 is 15.2 Å². The highest BCUT2D eigenvalue weighted by atomic mass is 35.5. The summed E-state index contributed by atoms with van der Waals surface area (Å²) in [4.78, 5) is 36.9. The van der Waals surface area contributed by atoms with Gasteiger partial charge in [0, 0.05) is 28.9 Å². The molecule has 11 heteroatoms. The van der Waals surface area contributed by atoms with Crippen LogP contribution in [0.4, 0.5) is 16.3 Å². The quantitative estimate of drug-likeness (QED) is 0.382. The van der Waals surface area contributed by atoms with E-state index in [0.29, 0.717) is 46.2 Å². The number of nitrogens with one attached hydrogen (secondary N) is 2. The van der Waals surface area contributed by atoms with Crippen molar-refractivity contribution in [2.24, 2.45) is 18.9 Å². The number of amides is 2. The molecule has 1 fully saturated rings. The minimum atomic E-state index is -0.933. The van der Waals surface area contributed by atoms with Gasteiger partial charge >= 0.3 is 12.1 Å². The molecule has 1 aliphatic carbocycles. The normalized spacial score (nSPS) is 18.0. The fraction of sp³-hybridized carbons (Fsp3) is 0.346. The lowest BCUT2D eigenvalue weighted by atomic mass is 9.78. The Kier molecular flexibility index (Phi) is 8.08. The molecule has 0 bridgehead atoms. The summed E-state index contributed by atoms with van der Waals surface area (Å²) >= 11 is 6.20. The smallest absolute Gasteiger partial charge is 0.413 e. The molecule has 10 nitrogen and oxygen atoms in total. The van der Waals surface area contributed by atoms with Crippen molar-refractivity contribution in [2.75, 3.05) is 10.6 Å². The lowest BCUT2D eigenvalue weighted by Crippen LogP contribution is -2.36. The van der Waals surface area contributed by atoms with Crippen molar-refractivity contribution in [3.05, 3.63) is 59.1 Å². The zero-order valence-electron chi connectivity index (χ0n) is 20.5. The van der Waals surface area contributed by atoms with Crippen LogP contribution in [0, 0.1) is 11.8 Å². The standard InChI is InChI=1S/C26H28ClN5O5/c1-15(18-7-5-6-10-21(18)27)37-26(36)29-23-22(30-31-32(23)2)16-11-13-17(14-12-16)28-24(33)19-8-3-4-9-20(19)25(34)35/h5-7,10-15,19-20H,3-4,8-9H2,1-2H3,(H,28,33)(H,29,36)(H,34,35)/t15-,19+,20+/m1/s1. The molecule has 3 N–H and O–H groups in total. The maximum atomic E-state index is 12.8. The third kappa shape index (κ3) is 6.08. The van der Waals surface area contributed by atoms with E-state index in [1.165, 1.54) is 4.68 Å². The molecule has 3 aromatic rings. The molecule has 1 saturated carbocycles. The van der Waals surface area contributed by atoms with Gasteiger partial charge in [-0.05, 0) is 38.0 Å². The van der Waals surface area contributed by atoms with Gasteiger partial charge in [-0.2, -0.15) is 0 Å². The Labute approximate surface area is 219 Å². The first-order valence-corrected chi connectivity index (χ1v) is 12.4. The molecule has 4 rings (SSSR count). The lowest BCUT2D eigenvalue weighted by Gasteiger charge is -2.27. The van der Waals surface area contributed by atoms with E-state index in [-0.39, 0.29) is 5.91 Å². The number of aromatic nitrogens is 3. The van der Waals surface area contributed by atoms with Crippen LogP contribution in [0.5, 0.6) is 0 Å². The average Bonchev–Trinajstić information content (AvgIpc) is 3.24. The molecule has 0 spiro atoms. The summed E-state index contributed by atoms with van der Waals surface area (Å²) in [6.07, 6.45) is 1.45. The van der Waals surface area contributed by atoms with Crippen LogP contribution in [0.2, 0.25) is 5.02 Å². The van der Waals surface area contributed by atoms with Gasteiger partial charge in [0.25, 0.3) is 0 Å². The molecule has 2 aromatic carbocycles. The Morgan fingerprint density at radius 2 is 1.73 bits per heavy atom.